The molecule has 4 heterocycles. The summed E-state index contributed by atoms with van der Waals surface area (Å²) in [7, 11) is -3.07. The van der Waals surface area contributed by atoms with Gasteiger partial charge in [-0.2, -0.15) is 32.7 Å². The molecule has 0 aliphatic heterocycles. The van der Waals surface area contributed by atoms with Crippen LogP contribution in [0.25, 0.3) is 17.0 Å². The number of pyridine rings is 1. The third-order valence-corrected chi connectivity index (χ3v) is 5.49. The number of nitrogens with zero attached hydrogens (tertiary/aromatic N) is 7. The molecule has 1 atom stereocenters. The Kier molecular flexibility index (Phi) is 4.57. The number of amides is 1. The highest BCUT2D eigenvalue weighted by molar-refractivity contribution is 7.93. The SMILES string of the molecule is CS(=O)(=NC(=O)c1cn2ccc(-c3noc(C(F)(F)F)n3)cc2n1)c1ccnnc1. The van der Waals surface area contributed by atoms with E-state index in [2.05, 4.69) is 34.2 Å². The molecule has 0 aliphatic rings. The van der Waals surface area contributed by atoms with Crippen molar-refractivity contribution in [2.24, 2.45) is 4.36 Å². The summed E-state index contributed by atoms with van der Waals surface area (Å²) < 4.78 is 60.0. The summed E-state index contributed by atoms with van der Waals surface area (Å²) >= 11 is 0. The van der Waals surface area contributed by atoms with Crippen molar-refractivity contribution >= 4 is 21.3 Å². The van der Waals surface area contributed by atoms with Crippen molar-refractivity contribution in [1.29, 1.82) is 0 Å². The Balaban J connectivity index is 1.67. The fourth-order valence-corrected chi connectivity index (χ4v) is 3.51. The van der Waals surface area contributed by atoms with Gasteiger partial charge in [0.2, 0.25) is 5.82 Å². The molecule has 154 valence electrons. The zero-order chi connectivity index (χ0) is 21.5. The highest BCUT2D eigenvalue weighted by Crippen LogP contribution is 2.29. The van der Waals surface area contributed by atoms with Gasteiger partial charge in [-0.05, 0) is 18.2 Å². The first-order valence-electron chi connectivity index (χ1n) is 8.07. The minimum atomic E-state index is -4.76. The van der Waals surface area contributed by atoms with E-state index >= 15 is 0 Å². The first-order chi connectivity index (χ1) is 14.1. The van der Waals surface area contributed by atoms with Crippen molar-refractivity contribution in [2.45, 2.75) is 11.1 Å². The van der Waals surface area contributed by atoms with Crippen LogP contribution in [0.5, 0.6) is 0 Å². The van der Waals surface area contributed by atoms with E-state index in [0.29, 0.717) is 0 Å². The molecule has 10 nitrogen and oxygen atoms in total. The van der Waals surface area contributed by atoms with Crippen molar-refractivity contribution in [1.82, 2.24) is 29.7 Å². The molecule has 0 saturated heterocycles. The number of fused-ring (bicyclic) bond motifs is 1. The number of rotatable bonds is 3. The molecule has 0 radical (unpaired) electrons. The number of halogens is 3. The predicted octanol–water partition coefficient (Wildman–Crippen LogP) is 2.49. The lowest BCUT2D eigenvalue weighted by molar-refractivity contribution is -0.159. The van der Waals surface area contributed by atoms with E-state index in [1.807, 2.05) is 0 Å². The van der Waals surface area contributed by atoms with Crippen LogP contribution in [0.3, 0.4) is 0 Å². The quantitative estimate of drug-likeness (QED) is 0.478. The molecule has 0 saturated carbocycles. The van der Waals surface area contributed by atoms with Gasteiger partial charge in [-0.25, -0.2) is 9.19 Å². The highest BCUT2D eigenvalue weighted by Gasteiger charge is 2.38. The molecule has 4 aromatic rings. The van der Waals surface area contributed by atoms with E-state index in [1.165, 1.54) is 53.6 Å². The van der Waals surface area contributed by atoms with Crippen LogP contribution < -0.4 is 0 Å². The maximum atomic E-state index is 12.7. The van der Waals surface area contributed by atoms with Gasteiger partial charge in [-0.3, -0.25) is 4.79 Å². The second kappa shape index (κ2) is 6.98. The lowest BCUT2D eigenvalue weighted by Gasteiger charge is -2.01. The summed E-state index contributed by atoms with van der Waals surface area (Å²) in [6.45, 7) is 0. The van der Waals surface area contributed by atoms with Gasteiger partial charge in [0.1, 0.15) is 11.3 Å². The monoisotopic (exact) mass is 437 g/mol. The fraction of sp³-hybridized carbons (Fsp3) is 0.125. The molecule has 0 N–H and O–H groups in total. The normalized spacial score (nSPS) is 13.9. The van der Waals surface area contributed by atoms with E-state index < -0.39 is 27.7 Å². The number of alkyl halides is 3. The second-order valence-electron chi connectivity index (χ2n) is 6.01. The van der Waals surface area contributed by atoms with Crippen LogP contribution in [0.2, 0.25) is 0 Å². The predicted molar refractivity (Wildman–Crippen MR) is 94.6 cm³/mol. The number of carbonyl (C=O) groups is 1. The molecule has 0 aromatic carbocycles. The van der Waals surface area contributed by atoms with Crippen LogP contribution in [0, 0.1) is 0 Å². The van der Waals surface area contributed by atoms with E-state index in [1.54, 1.807) is 0 Å². The lowest BCUT2D eigenvalue weighted by Crippen LogP contribution is -2.04. The molecular weight excluding hydrogens is 427 g/mol. The molecule has 0 spiro atoms. The van der Waals surface area contributed by atoms with Gasteiger partial charge in [-0.15, -0.1) is 0 Å². The Labute approximate surface area is 166 Å². The second-order valence-corrected chi connectivity index (χ2v) is 8.26. The van der Waals surface area contributed by atoms with E-state index in [0.717, 1.165) is 0 Å². The van der Waals surface area contributed by atoms with Gasteiger partial charge in [0.25, 0.3) is 0 Å². The maximum absolute atomic E-state index is 12.7. The molecular formula is C16H10F3N7O3S. The molecule has 1 amide bonds. The van der Waals surface area contributed by atoms with Crippen molar-refractivity contribution in [2.75, 3.05) is 6.26 Å². The molecule has 4 aromatic heterocycles. The Bertz CT molecular complexity index is 1370. The molecule has 1 unspecified atom stereocenters. The average Bonchev–Trinajstić information content (AvgIpc) is 3.35. The molecule has 0 aliphatic carbocycles. The molecule has 4 rings (SSSR count). The third kappa shape index (κ3) is 3.76. The molecule has 0 fully saturated rings. The number of carbonyl (C=O) groups excluding carboxylic acids is 1. The zero-order valence-electron chi connectivity index (χ0n) is 14.9. The minimum Gasteiger partial charge on any atom is -0.329 e. The maximum Gasteiger partial charge on any atom is 0.471 e. The van der Waals surface area contributed by atoms with Gasteiger partial charge in [0.05, 0.1) is 27.0 Å². The van der Waals surface area contributed by atoms with Crippen molar-refractivity contribution in [3.05, 3.63) is 54.6 Å². The van der Waals surface area contributed by atoms with Gasteiger partial charge >= 0.3 is 18.0 Å². The van der Waals surface area contributed by atoms with Gasteiger partial charge in [-0.1, -0.05) is 5.16 Å². The van der Waals surface area contributed by atoms with Crippen LogP contribution in [-0.2, 0) is 15.9 Å². The van der Waals surface area contributed by atoms with E-state index in [9.17, 15) is 22.2 Å². The van der Waals surface area contributed by atoms with E-state index in [4.69, 9.17) is 0 Å². The third-order valence-electron chi connectivity index (χ3n) is 3.86. The first kappa shape index (κ1) is 19.6. The summed E-state index contributed by atoms with van der Waals surface area (Å²) in [4.78, 5) is 20.1. The highest BCUT2D eigenvalue weighted by atomic mass is 32.2. The number of hydrogen-bond acceptors (Lipinski definition) is 8. The lowest BCUT2D eigenvalue weighted by atomic mass is 10.2. The van der Waals surface area contributed by atoms with Gasteiger partial charge in [0, 0.05) is 24.2 Å². The number of hydrogen-bond donors (Lipinski definition) is 0. The number of aromatic nitrogens is 6. The standard InChI is InChI=1S/C16H10F3N7O3S/c1-30(28,10-2-4-20-21-7-10)25-14(27)11-8-26-5-3-9(6-12(26)22-11)13-23-15(29-24-13)16(17,18)19/h2-8H,1H3. The van der Waals surface area contributed by atoms with Crippen molar-refractivity contribution in [3.63, 3.8) is 0 Å². The van der Waals surface area contributed by atoms with Crippen LogP contribution in [0.15, 0.2) is 56.8 Å². The Morgan fingerprint density at radius 1 is 1.23 bits per heavy atom. The summed E-state index contributed by atoms with van der Waals surface area (Å²) in [5.41, 5.74) is 0.316. The Hall–Kier alpha value is -3.68. The largest absolute Gasteiger partial charge is 0.471 e. The summed E-state index contributed by atoms with van der Waals surface area (Å²) in [6, 6.07) is 4.23. The van der Waals surface area contributed by atoms with E-state index in [-0.39, 0.29) is 27.6 Å². The topological polar surface area (TPSA) is 128 Å². The summed E-state index contributed by atoms with van der Waals surface area (Å²) in [5, 5.41) is 10.5. The molecule has 14 heteroatoms. The fourth-order valence-electron chi connectivity index (χ4n) is 2.44. The van der Waals surface area contributed by atoms with Crippen molar-refractivity contribution in [3.8, 4) is 11.4 Å². The minimum absolute atomic E-state index is 0.104. The number of imidazole rings is 1. The van der Waals surface area contributed by atoms with Crippen molar-refractivity contribution < 1.29 is 26.7 Å². The zero-order valence-corrected chi connectivity index (χ0v) is 15.8. The Morgan fingerprint density at radius 3 is 2.70 bits per heavy atom. The Morgan fingerprint density at radius 2 is 2.03 bits per heavy atom. The first-order valence-corrected chi connectivity index (χ1v) is 9.99. The van der Waals surface area contributed by atoms with Crippen LogP contribution in [0.4, 0.5) is 13.2 Å². The smallest absolute Gasteiger partial charge is 0.329 e. The summed E-state index contributed by atoms with van der Waals surface area (Å²) in [6.07, 6.45) is 1.89. The van der Waals surface area contributed by atoms with Gasteiger partial charge in [0.15, 0.2) is 0 Å². The van der Waals surface area contributed by atoms with Gasteiger partial charge < -0.3 is 8.92 Å². The van der Waals surface area contributed by atoms with Crippen LogP contribution in [-0.4, -0.2) is 46.1 Å². The van der Waals surface area contributed by atoms with Crippen LogP contribution >= 0.6 is 0 Å². The molecule has 30 heavy (non-hydrogen) atoms. The van der Waals surface area contributed by atoms with Crippen LogP contribution in [0.1, 0.15) is 16.4 Å². The summed E-state index contributed by atoms with van der Waals surface area (Å²) in [5.74, 6) is -2.59. The average molecular weight is 437 g/mol. The molecule has 0 bridgehead atoms.